The van der Waals surface area contributed by atoms with Crippen LogP contribution in [0.1, 0.15) is 51.9 Å². The molecule has 0 unspecified atom stereocenters. The zero-order valence-corrected chi connectivity index (χ0v) is 19.4. The second kappa shape index (κ2) is 10.7. The summed E-state index contributed by atoms with van der Waals surface area (Å²) in [6.07, 6.45) is 11.3. The summed E-state index contributed by atoms with van der Waals surface area (Å²) in [7, 11) is 0. The maximum Gasteiger partial charge on any atom is 0.226 e. The van der Waals surface area contributed by atoms with Gasteiger partial charge in [-0.2, -0.15) is 4.98 Å². The molecule has 5 rings (SSSR count). The molecule has 0 radical (unpaired) electrons. The van der Waals surface area contributed by atoms with E-state index in [1.165, 1.54) is 12.8 Å². The van der Waals surface area contributed by atoms with E-state index in [2.05, 4.69) is 22.2 Å². The van der Waals surface area contributed by atoms with Crippen LogP contribution < -0.4 is 14.8 Å². The number of ether oxygens (including phenoxy) is 4. The summed E-state index contributed by atoms with van der Waals surface area (Å²) < 4.78 is 23.2. The first-order valence-electron chi connectivity index (χ1n) is 12.3. The summed E-state index contributed by atoms with van der Waals surface area (Å²) in [6.45, 7) is 5.11. The summed E-state index contributed by atoms with van der Waals surface area (Å²) in [5, 5.41) is 3.52. The second-order valence-corrected chi connectivity index (χ2v) is 9.43. The largest absolute Gasteiger partial charge is 0.474 e. The van der Waals surface area contributed by atoms with Crippen molar-refractivity contribution >= 4 is 5.95 Å². The van der Waals surface area contributed by atoms with E-state index in [9.17, 15) is 0 Å². The molecule has 0 aromatic carbocycles. The van der Waals surface area contributed by atoms with Crippen LogP contribution in [0.2, 0.25) is 0 Å². The molecule has 1 saturated carbocycles. The maximum atomic E-state index is 6.27. The first-order valence-corrected chi connectivity index (χ1v) is 12.3. The monoisotopic (exact) mass is 454 g/mol. The molecule has 33 heavy (non-hydrogen) atoms. The zero-order chi connectivity index (χ0) is 22.5. The van der Waals surface area contributed by atoms with Gasteiger partial charge < -0.3 is 24.3 Å². The van der Waals surface area contributed by atoms with Crippen molar-refractivity contribution in [3.8, 4) is 22.9 Å². The number of hydrogen-bond donors (Lipinski definition) is 1. The second-order valence-electron chi connectivity index (χ2n) is 9.43. The number of nitrogens with zero attached hydrogens (tertiary/aromatic N) is 3. The first-order chi connectivity index (χ1) is 16.2. The highest BCUT2D eigenvalue weighted by Gasteiger charge is 2.23. The Morgan fingerprint density at radius 1 is 0.848 bits per heavy atom. The normalized spacial score (nSPS) is 26.2. The number of rotatable bonds is 7. The lowest BCUT2D eigenvalue weighted by atomic mass is 9.87. The fraction of sp³-hybridized carbons (Fsp3) is 0.640. The Labute approximate surface area is 195 Å². The Kier molecular flexibility index (Phi) is 7.21. The van der Waals surface area contributed by atoms with Gasteiger partial charge in [0.05, 0.1) is 32.0 Å². The topological polar surface area (TPSA) is 87.6 Å². The third-order valence-electron chi connectivity index (χ3n) is 6.77. The van der Waals surface area contributed by atoms with Crippen molar-refractivity contribution in [1.82, 2.24) is 15.0 Å². The number of aromatic nitrogens is 3. The van der Waals surface area contributed by atoms with E-state index in [1.807, 2.05) is 18.3 Å². The highest BCUT2D eigenvalue weighted by Crippen LogP contribution is 2.32. The first kappa shape index (κ1) is 22.3. The molecule has 2 aromatic rings. The van der Waals surface area contributed by atoms with Gasteiger partial charge >= 0.3 is 0 Å². The maximum absolute atomic E-state index is 6.27. The van der Waals surface area contributed by atoms with Crippen LogP contribution in [0.3, 0.4) is 0 Å². The molecule has 8 nitrogen and oxygen atoms in total. The fourth-order valence-electron chi connectivity index (χ4n) is 4.65. The molecule has 178 valence electrons. The van der Waals surface area contributed by atoms with Gasteiger partial charge in [0.25, 0.3) is 0 Å². The molecule has 0 bridgehead atoms. The van der Waals surface area contributed by atoms with E-state index in [0.717, 1.165) is 69.0 Å². The quantitative estimate of drug-likeness (QED) is 0.664. The minimum atomic E-state index is 0.00566. The van der Waals surface area contributed by atoms with E-state index < -0.39 is 0 Å². The highest BCUT2D eigenvalue weighted by atomic mass is 16.5. The molecular formula is C25H34N4O4. The average Bonchev–Trinajstić information content (AvgIpc) is 3.35. The Morgan fingerprint density at radius 2 is 1.64 bits per heavy atom. The summed E-state index contributed by atoms with van der Waals surface area (Å²) in [4.78, 5) is 13.9. The number of hydrogen-bond acceptors (Lipinski definition) is 8. The minimum Gasteiger partial charge on any atom is -0.474 e. The third-order valence-corrected chi connectivity index (χ3v) is 6.77. The molecule has 1 N–H and O–H groups in total. The molecule has 3 fully saturated rings. The lowest BCUT2D eigenvalue weighted by Crippen LogP contribution is -2.26. The molecule has 3 aliphatic rings. The standard InChI is InChI=1S/C25H34N4O4/c1-17-2-5-19(6-3-17)28-25-27-15-22(24(29-25)33-21-10-13-31-16-21)18-4-7-23(26-14-18)32-20-8-11-30-12-9-20/h4,7,14-15,17,19-21H,2-3,5-6,8-13,16H2,1H3,(H,27,28,29)/t17-,19-,21-/m1/s1. The van der Waals surface area contributed by atoms with Crippen LogP contribution in [0.4, 0.5) is 5.95 Å². The van der Waals surface area contributed by atoms with Crippen molar-refractivity contribution in [3.63, 3.8) is 0 Å². The molecule has 1 aliphatic carbocycles. The van der Waals surface area contributed by atoms with Gasteiger partial charge in [-0.3, -0.25) is 0 Å². The van der Waals surface area contributed by atoms with Crippen LogP contribution in [-0.2, 0) is 9.47 Å². The summed E-state index contributed by atoms with van der Waals surface area (Å²) in [6, 6.07) is 4.31. The van der Waals surface area contributed by atoms with E-state index >= 15 is 0 Å². The van der Waals surface area contributed by atoms with Gasteiger partial charge in [-0.1, -0.05) is 6.92 Å². The average molecular weight is 455 g/mol. The molecule has 4 heterocycles. The molecule has 2 aliphatic heterocycles. The summed E-state index contributed by atoms with van der Waals surface area (Å²) in [5.41, 5.74) is 1.73. The smallest absolute Gasteiger partial charge is 0.226 e. The highest BCUT2D eigenvalue weighted by molar-refractivity contribution is 5.68. The van der Waals surface area contributed by atoms with Crippen LogP contribution in [0, 0.1) is 5.92 Å². The van der Waals surface area contributed by atoms with Crippen LogP contribution >= 0.6 is 0 Å². The van der Waals surface area contributed by atoms with Crippen molar-refractivity contribution in [2.45, 2.75) is 70.1 Å². The van der Waals surface area contributed by atoms with Crippen molar-refractivity contribution in [3.05, 3.63) is 24.5 Å². The van der Waals surface area contributed by atoms with Gasteiger partial charge in [-0.15, -0.1) is 0 Å². The summed E-state index contributed by atoms with van der Waals surface area (Å²) >= 11 is 0. The molecule has 1 atom stereocenters. The van der Waals surface area contributed by atoms with Crippen molar-refractivity contribution in [2.24, 2.45) is 5.92 Å². The lowest BCUT2D eigenvalue weighted by molar-refractivity contribution is 0.0237. The lowest BCUT2D eigenvalue weighted by Gasteiger charge is -2.27. The van der Waals surface area contributed by atoms with Crippen LogP contribution in [-0.4, -0.2) is 59.6 Å². The zero-order valence-electron chi connectivity index (χ0n) is 19.4. The van der Waals surface area contributed by atoms with Gasteiger partial charge in [0.15, 0.2) is 0 Å². The molecule has 8 heteroatoms. The number of nitrogens with one attached hydrogen (secondary N) is 1. The van der Waals surface area contributed by atoms with Gasteiger partial charge in [0.1, 0.15) is 12.2 Å². The fourth-order valence-corrected chi connectivity index (χ4v) is 4.65. The van der Waals surface area contributed by atoms with Crippen LogP contribution in [0.15, 0.2) is 24.5 Å². The minimum absolute atomic E-state index is 0.00566. The van der Waals surface area contributed by atoms with Gasteiger partial charge in [-0.25, -0.2) is 9.97 Å². The molecule has 0 amide bonds. The Balaban J connectivity index is 1.32. The molecule has 0 spiro atoms. The predicted octanol–water partition coefficient (Wildman–Crippen LogP) is 4.25. The summed E-state index contributed by atoms with van der Waals surface area (Å²) in [5.74, 6) is 2.63. The SMILES string of the molecule is C[C@H]1CC[C@H](Nc2ncc(-c3ccc(OC4CCOCC4)nc3)c(O[C@@H]3CCOC3)n2)CC1. The van der Waals surface area contributed by atoms with E-state index in [1.54, 1.807) is 6.20 Å². The van der Waals surface area contributed by atoms with Crippen LogP contribution in [0.5, 0.6) is 11.8 Å². The number of anilines is 1. The van der Waals surface area contributed by atoms with E-state index in [-0.39, 0.29) is 12.2 Å². The molecule has 2 aromatic heterocycles. The number of pyridine rings is 1. The van der Waals surface area contributed by atoms with Crippen molar-refractivity contribution < 1.29 is 18.9 Å². The van der Waals surface area contributed by atoms with Crippen LogP contribution in [0.25, 0.3) is 11.1 Å². The predicted molar refractivity (Wildman–Crippen MR) is 125 cm³/mol. The van der Waals surface area contributed by atoms with Gasteiger partial charge in [0, 0.05) is 49.3 Å². The molecule has 2 saturated heterocycles. The third kappa shape index (κ3) is 5.92. The van der Waals surface area contributed by atoms with Gasteiger partial charge in [0.2, 0.25) is 17.7 Å². The van der Waals surface area contributed by atoms with Crippen molar-refractivity contribution in [1.29, 1.82) is 0 Å². The van der Waals surface area contributed by atoms with E-state index in [4.69, 9.17) is 23.9 Å². The van der Waals surface area contributed by atoms with E-state index in [0.29, 0.717) is 30.4 Å². The Morgan fingerprint density at radius 3 is 2.36 bits per heavy atom. The van der Waals surface area contributed by atoms with Gasteiger partial charge in [-0.05, 0) is 37.7 Å². The van der Waals surface area contributed by atoms with Crippen molar-refractivity contribution in [2.75, 3.05) is 31.7 Å². The Hall–Kier alpha value is -2.45. The Bertz CT molecular complexity index is 890. The molecular weight excluding hydrogens is 420 g/mol.